The van der Waals surface area contributed by atoms with Crippen LogP contribution in [0.15, 0.2) is 42.0 Å². The fourth-order valence-electron chi connectivity index (χ4n) is 2.30. The summed E-state index contributed by atoms with van der Waals surface area (Å²) in [5, 5.41) is 0. The molecule has 0 saturated carbocycles. The molecule has 2 nitrogen and oxygen atoms in total. The quantitative estimate of drug-likeness (QED) is 0.740. The van der Waals surface area contributed by atoms with Crippen molar-refractivity contribution in [1.29, 1.82) is 0 Å². The largest absolute Gasteiger partial charge is 0.300 e. The zero-order valence-corrected chi connectivity index (χ0v) is 11.1. The number of benzene rings is 1. The Bertz CT molecular complexity index is 422. The summed E-state index contributed by atoms with van der Waals surface area (Å²) in [4.78, 5) is 13.4. The highest BCUT2D eigenvalue weighted by molar-refractivity contribution is 5.75. The number of hydrogen-bond acceptors (Lipinski definition) is 2. The van der Waals surface area contributed by atoms with Gasteiger partial charge in [-0.05, 0) is 25.3 Å². The van der Waals surface area contributed by atoms with Gasteiger partial charge in [-0.15, -0.1) is 0 Å². The van der Waals surface area contributed by atoms with Crippen molar-refractivity contribution in [2.45, 2.75) is 32.7 Å². The Kier molecular flexibility index (Phi) is 4.71. The lowest BCUT2D eigenvalue weighted by atomic mass is 10.0. The number of nitrogens with zero attached hydrogens (tertiary/aromatic N) is 1. The van der Waals surface area contributed by atoms with Gasteiger partial charge in [-0.1, -0.05) is 42.0 Å². The van der Waals surface area contributed by atoms with Gasteiger partial charge >= 0.3 is 0 Å². The minimum atomic E-state index is 0.294. The number of carbonyl (C=O) groups excluding carboxylic acids is 1. The molecule has 1 aliphatic rings. The molecular formula is C16H21NO. The molecule has 1 aromatic rings. The van der Waals surface area contributed by atoms with Gasteiger partial charge in [-0.2, -0.15) is 0 Å². The minimum absolute atomic E-state index is 0.294. The first-order valence-electron chi connectivity index (χ1n) is 6.67. The van der Waals surface area contributed by atoms with Crippen LogP contribution in [-0.2, 0) is 11.3 Å². The molecule has 0 radical (unpaired) electrons. The van der Waals surface area contributed by atoms with Crippen LogP contribution in [0.5, 0.6) is 0 Å². The summed E-state index contributed by atoms with van der Waals surface area (Å²) in [6.07, 6.45) is 5.06. The second-order valence-corrected chi connectivity index (χ2v) is 5.04. The third kappa shape index (κ3) is 4.11. The molecule has 18 heavy (non-hydrogen) atoms. The Hall–Kier alpha value is -1.41. The molecule has 0 N–H and O–H groups in total. The summed E-state index contributed by atoms with van der Waals surface area (Å²) in [6, 6.07) is 10.6. The zero-order chi connectivity index (χ0) is 12.8. The van der Waals surface area contributed by atoms with Crippen molar-refractivity contribution in [2.24, 2.45) is 0 Å². The van der Waals surface area contributed by atoms with Crippen molar-refractivity contribution < 1.29 is 4.79 Å². The molecule has 96 valence electrons. The van der Waals surface area contributed by atoms with Gasteiger partial charge in [0.1, 0.15) is 5.78 Å². The van der Waals surface area contributed by atoms with Crippen LogP contribution in [0.25, 0.3) is 0 Å². The van der Waals surface area contributed by atoms with Crippen LogP contribution in [0.4, 0.5) is 0 Å². The number of hydrogen-bond donors (Lipinski definition) is 0. The van der Waals surface area contributed by atoms with E-state index in [1.165, 1.54) is 11.1 Å². The zero-order valence-electron chi connectivity index (χ0n) is 11.1. The molecule has 0 aromatic heterocycles. The Morgan fingerprint density at radius 1 is 1.28 bits per heavy atom. The third-order valence-electron chi connectivity index (χ3n) is 3.43. The van der Waals surface area contributed by atoms with Gasteiger partial charge in [0, 0.05) is 26.1 Å². The average Bonchev–Trinajstić information content (AvgIpc) is 2.39. The van der Waals surface area contributed by atoms with E-state index in [0.29, 0.717) is 12.2 Å². The van der Waals surface area contributed by atoms with Crippen molar-refractivity contribution in [1.82, 2.24) is 4.90 Å². The first kappa shape index (κ1) is 13.0. The fraction of sp³-hybridized carbons (Fsp3) is 0.438. The molecule has 1 heterocycles. The van der Waals surface area contributed by atoms with E-state index in [4.69, 9.17) is 0 Å². The standard InChI is InChI=1S/C16H21NO/c1-14(18)7-8-15-9-11-17(12-10-15)13-16-5-3-2-4-6-16/h2-6,9H,7-8,10-13H2,1H3. The van der Waals surface area contributed by atoms with E-state index in [1.54, 1.807) is 6.92 Å². The van der Waals surface area contributed by atoms with E-state index < -0.39 is 0 Å². The first-order chi connectivity index (χ1) is 8.74. The van der Waals surface area contributed by atoms with Gasteiger partial charge in [0.2, 0.25) is 0 Å². The van der Waals surface area contributed by atoms with Crippen molar-refractivity contribution in [3.05, 3.63) is 47.5 Å². The molecule has 1 aliphatic heterocycles. The molecule has 0 atom stereocenters. The van der Waals surface area contributed by atoms with Crippen LogP contribution in [0.1, 0.15) is 31.7 Å². The highest BCUT2D eigenvalue weighted by Gasteiger charge is 2.12. The van der Waals surface area contributed by atoms with Crippen LogP contribution in [0, 0.1) is 0 Å². The van der Waals surface area contributed by atoms with Crippen molar-refractivity contribution >= 4 is 5.78 Å². The van der Waals surface area contributed by atoms with E-state index in [1.807, 2.05) is 0 Å². The maximum Gasteiger partial charge on any atom is 0.130 e. The Morgan fingerprint density at radius 3 is 2.67 bits per heavy atom. The van der Waals surface area contributed by atoms with Crippen LogP contribution in [0.2, 0.25) is 0 Å². The summed E-state index contributed by atoms with van der Waals surface area (Å²) in [7, 11) is 0. The second kappa shape index (κ2) is 6.50. The minimum Gasteiger partial charge on any atom is -0.300 e. The van der Waals surface area contributed by atoms with E-state index in [-0.39, 0.29) is 0 Å². The molecule has 2 rings (SSSR count). The van der Waals surface area contributed by atoms with E-state index in [0.717, 1.165) is 32.5 Å². The molecular weight excluding hydrogens is 222 g/mol. The van der Waals surface area contributed by atoms with Crippen molar-refractivity contribution in [3.63, 3.8) is 0 Å². The topological polar surface area (TPSA) is 20.3 Å². The van der Waals surface area contributed by atoms with Gasteiger partial charge in [0.25, 0.3) is 0 Å². The fourth-order valence-corrected chi connectivity index (χ4v) is 2.30. The SMILES string of the molecule is CC(=O)CCC1=CCN(Cc2ccccc2)CC1. The maximum absolute atomic E-state index is 11.0. The van der Waals surface area contributed by atoms with Gasteiger partial charge in [-0.25, -0.2) is 0 Å². The smallest absolute Gasteiger partial charge is 0.130 e. The van der Waals surface area contributed by atoms with Crippen LogP contribution >= 0.6 is 0 Å². The van der Waals surface area contributed by atoms with Gasteiger partial charge in [0.15, 0.2) is 0 Å². The lowest BCUT2D eigenvalue weighted by Crippen LogP contribution is -2.28. The first-order valence-corrected chi connectivity index (χ1v) is 6.67. The summed E-state index contributed by atoms with van der Waals surface area (Å²) in [5.74, 6) is 0.294. The molecule has 2 heteroatoms. The predicted molar refractivity (Wildman–Crippen MR) is 74.3 cm³/mol. The monoisotopic (exact) mass is 243 g/mol. The Labute approximate surface area is 109 Å². The van der Waals surface area contributed by atoms with E-state index in [9.17, 15) is 4.79 Å². The van der Waals surface area contributed by atoms with Crippen molar-refractivity contribution in [2.75, 3.05) is 13.1 Å². The Balaban J connectivity index is 1.81. The molecule has 1 aromatic carbocycles. The number of carbonyl (C=O) groups is 1. The number of rotatable bonds is 5. The summed E-state index contributed by atoms with van der Waals surface area (Å²) < 4.78 is 0. The number of Topliss-reactive ketones (excluding diaryl/α,β-unsaturated/α-hetero) is 1. The lowest BCUT2D eigenvalue weighted by molar-refractivity contribution is -0.116. The van der Waals surface area contributed by atoms with Crippen molar-refractivity contribution in [3.8, 4) is 0 Å². The molecule has 0 fully saturated rings. The predicted octanol–water partition coefficient (Wildman–Crippen LogP) is 3.19. The molecule has 0 spiro atoms. The second-order valence-electron chi connectivity index (χ2n) is 5.04. The van der Waals surface area contributed by atoms with E-state index >= 15 is 0 Å². The molecule has 0 unspecified atom stereocenters. The highest BCUT2D eigenvalue weighted by atomic mass is 16.1. The summed E-state index contributed by atoms with van der Waals surface area (Å²) in [6.45, 7) is 4.82. The third-order valence-corrected chi connectivity index (χ3v) is 3.43. The molecule has 0 bridgehead atoms. The number of ketones is 1. The normalized spacial score (nSPS) is 16.4. The van der Waals surface area contributed by atoms with Crippen LogP contribution in [0.3, 0.4) is 0 Å². The Morgan fingerprint density at radius 2 is 2.06 bits per heavy atom. The maximum atomic E-state index is 11.0. The summed E-state index contributed by atoms with van der Waals surface area (Å²) in [5.41, 5.74) is 2.83. The molecule has 0 saturated heterocycles. The van der Waals surface area contributed by atoms with E-state index in [2.05, 4.69) is 41.3 Å². The van der Waals surface area contributed by atoms with Crippen LogP contribution in [-0.4, -0.2) is 23.8 Å². The average molecular weight is 243 g/mol. The van der Waals surface area contributed by atoms with Crippen LogP contribution < -0.4 is 0 Å². The summed E-state index contributed by atoms with van der Waals surface area (Å²) >= 11 is 0. The molecule has 0 amide bonds. The highest BCUT2D eigenvalue weighted by Crippen LogP contribution is 2.17. The van der Waals surface area contributed by atoms with Gasteiger partial charge in [-0.3, -0.25) is 4.90 Å². The van der Waals surface area contributed by atoms with Gasteiger partial charge < -0.3 is 4.79 Å². The van der Waals surface area contributed by atoms with Gasteiger partial charge in [0.05, 0.1) is 0 Å². The molecule has 0 aliphatic carbocycles. The lowest BCUT2D eigenvalue weighted by Gasteiger charge is -2.26.